The van der Waals surface area contributed by atoms with Gasteiger partial charge in [0.2, 0.25) is 0 Å². The van der Waals surface area contributed by atoms with Crippen molar-refractivity contribution in [3.05, 3.63) is 58.2 Å². The van der Waals surface area contributed by atoms with Crippen LogP contribution in [0.2, 0.25) is 0 Å². The van der Waals surface area contributed by atoms with Gasteiger partial charge in [-0.25, -0.2) is 4.98 Å². The molecule has 4 rings (SSSR count). The molecule has 5 nitrogen and oxygen atoms in total. The van der Waals surface area contributed by atoms with Crippen LogP contribution in [0.15, 0.2) is 41.9 Å². The van der Waals surface area contributed by atoms with Crippen molar-refractivity contribution in [3.8, 4) is 11.3 Å². The summed E-state index contributed by atoms with van der Waals surface area (Å²) >= 11 is 1.71. The Bertz CT molecular complexity index is 796. The van der Waals surface area contributed by atoms with E-state index < -0.39 is 0 Å². The molecule has 0 fully saturated rings. The minimum atomic E-state index is 0.126. The van der Waals surface area contributed by atoms with E-state index in [0.717, 1.165) is 30.3 Å². The van der Waals surface area contributed by atoms with E-state index in [2.05, 4.69) is 27.5 Å². The van der Waals surface area contributed by atoms with Gasteiger partial charge in [-0.05, 0) is 0 Å². The zero-order valence-electron chi connectivity index (χ0n) is 12.7. The largest absolute Gasteiger partial charge is 0.394 e. The van der Waals surface area contributed by atoms with E-state index in [9.17, 15) is 0 Å². The first kappa shape index (κ1) is 14.6. The van der Waals surface area contributed by atoms with Crippen LogP contribution in [0, 0.1) is 0 Å². The molecule has 0 radical (unpaired) electrons. The fraction of sp³-hybridized carbons (Fsp3) is 0.294. The zero-order valence-corrected chi connectivity index (χ0v) is 13.5. The van der Waals surface area contributed by atoms with E-state index in [-0.39, 0.29) is 6.61 Å². The zero-order chi connectivity index (χ0) is 15.6. The molecule has 118 valence electrons. The first-order valence-corrected chi connectivity index (χ1v) is 8.58. The lowest BCUT2D eigenvalue weighted by Gasteiger charge is -2.13. The van der Waals surface area contributed by atoms with Crippen LogP contribution >= 0.6 is 11.3 Å². The number of aliphatic hydroxyl groups excluding tert-OH is 1. The summed E-state index contributed by atoms with van der Waals surface area (Å²) in [5.74, 6) is 0. The molecule has 0 aliphatic carbocycles. The van der Waals surface area contributed by atoms with Crippen molar-refractivity contribution in [3.63, 3.8) is 0 Å². The van der Waals surface area contributed by atoms with Gasteiger partial charge >= 0.3 is 0 Å². The average Bonchev–Trinajstić information content (AvgIpc) is 3.27. The van der Waals surface area contributed by atoms with Crippen LogP contribution in [-0.4, -0.2) is 31.4 Å². The number of fused-ring (bicyclic) bond motifs is 1. The number of hydrogen-bond acceptors (Lipinski definition) is 5. The van der Waals surface area contributed by atoms with Crippen LogP contribution in [0.25, 0.3) is 11.3 Å². The molecule has 0 amide bonds. The third-order valence-corrected chi connectivity index (χ3v) is 4.93. The Morgan fingerprint density at radius 3 is 2.87 bits per heavy atom. The van der Waals surface area contributed by atoms with E-state index >= 15 is 0 Å². The topological polar surface area (TPSA) is 54.2 Å². The third-order valence-electron chi connectivity index (χ3n) is 4.09. The smallest absolute Gasteiger partial charge is 0.107 e. The van der Waals surface area contributed by atoms with Gasteiger partial charge in [0.15, 0.2) is 0 Å². The van der Waals surface area contributed by atoms with Crippen LogP contribution in [0.4, 0.5) is 0 Å². The van der Waals surface area contributed by atoms with Crippen molar-refractivity contribution in [1.29, 1.82) is 0 Å². The molecular weight excluding hydrogens is 308 g/mol. The van der Waals surface area contributed by atoms with Gasteiger partial charge in [-0.15, -0.1) is 11.3 Å². The summed E-state index contributed by atoms with van der Waals surface area (Å²) in [7, 11) is 0. The van der Waals surface area contributed by atoms with Gasteiger partial charge in [0.1, 0.15) is 5.01 Å². The lowest BCUT2D eigenvalue weighted by molar-refractivity contribution is 0.250. The van der Waals surface area contributed by atoms with Crippen LogP contribution in [0.3, 0.4) is 0 Å². The van der Waals surface area contributed by atoms with E-state index in [1.165, 1.54) is 16.8 Å². The first-order valence-electron chi connectivity index (χ1n) is 7.70. The molecule has 1 aliphatic heterocycles. The summed E-state index contributed by atoms with van der Waals surface area (Å²) in [6.07, 6.45) is 1.92. The van der Waals surface area contributed by atoms with Crippen molar-refractivity contribution in [2.75, 3.05) is 6.61 Å². The summed E-state index contributed by atoms with van der Waals surface area (Å²) in [4.78, 5) is 7.13. The van der Waals surface area contributed by atoms with Gasteiger partial charge < -0.3 is 5.11 Å². The number of aromatic nitrogens is 3. The predicted molar refractivity (Wildman–Crippen MR) is 89.8 cm³/mol. The normalized spacial score (nSPS) is 14.3. The Morgan fingerprint density at radius 1 is 1.17 bits per heavy atom. The average molecular weight is 326 g/mol. The quantitative estimate of drug-likeness (QED) is 0.783. The Hall–Kier alpha value is -2.02. The summed E-state index contributed by atoms with van der Waals surface area (Å²) < 4.78 is 1.91. The van der Waals surface area contributed by atoms with Crippen molar-refractivity contribution >= 4 is 11.3 Å². The van der Waals surface area contributed by atoms with Gasteiger partial charge in [-0.1, -0.05) is 30.3 Å². The molecule has 0 saturated heterocycles. The molecule has 0 saturated carbocycles. The molecule has 0 atom stereocenters. The molecule has 3 heterocycles. The highest BCUT2D eigenvalue weighted by molar-refractivity contribution is 7.09. The molecule has 1 aromatic carbocycles. The summed E-state index contributed by atoms with van der Waals surface area (Å²) in [6, 6.07) is 10.3. The minimum absolute atomic E-state index is 0.126. The molecule has 0 spiro atoms. The van der Waals surface area contributed by atoms with Crippen molar-refractivity contribution in [2.45, 2.75) is 26.2 Å². The van der Waals surface area contributed by atoms with Gasteiger partial charge in [0.05, 0.1) is 37.3 Å². The Labute approximate surface area is 138 Å². The maximum Gasteiger partial charge on any atom is 0.107 e. The highest BCUT2D eigenvalue weighted by Crippen LogP contribution is 2.27. The SMILES string of the molecule is OCCn1ncc2c1CN(Cc1nc(-c3ccccc3)cs1)C2. The van der Waals surface area contributed by atoms with Crippen LogP contribution in [0.1, 0.15) is 16.3 Å². The fourth-order valence-corrected chi connectivity index (χ4v) is 3.83. The molecule has 6 heteroatoms. The van der Waals surface area contributed by atoms with Gasteiger partial charge in [-0.2, -0.15) is 5.10 Å². The molecule has 1 aliphatic rings. The highest BCUT2D eigenvalue weighted by atomic mass is 32.1. The van der Waals surface area contributed by atoms with Crippen molar-refractivity contribution < 1.29 is 5.11 Å². The fourth-order valence-electron chi connectivity index (χ4n) is 2.99. The number of rotatable bonds is 5. The summed E-state index contributed by atoms with van der Waals surface area (Å²) in [5.41, 5.74) is 4.70. The molecule has 1 N–H and O–H groups in total. The number of benzene rings is 1. The van der Waals surface area contributed by atoms with Crippen molar-refractivity contribution in [2.24, 2.45) is 0 Å². The first-order chi connectivity index (χ1) is 11.3. The molecular formula is C17H18N4OS. The van der Waals surface area contributed by atoms with E-state index in [1.54, 1.807) is 11.3 Å². The minimum Gasteiger partial charge on any atom is -0.394 e. The molecule has 23 heavy (non-hydrogen) atoms. The second-order valence-corrected chi connectivity index (χ2v) is 6.64. The summed E-state index contributed by atoms with van der Waals surface area (Å²) in [5, 5.41) is 16.7. The van der Waals surface area contributed by atoms with E-state index in [0.29, 0.717) is 6.54 Å². The predicted octanol–water partition coefficient (Wildman–Crippen LogP) is 2.51. The monoisotopic (exact) mass is 326 g/mol. The van der Waals surface area contributed by atoms with Crippen molar-refractivity contribution in [1.82, 2.24) is 19.7 Å². The van der Waals surface area contributed by atoms with Gasteiger partial charge in [0, 0.05) is 29.6 Å². The van der Waals surface area contributed by atoms with Gasteiger partial charge in [-0.3, -0.25) is 9.58 Å². The third kappa shape index (κ3) is 2.93. The maximum absolute atomic E-state index is 9.10. The Morgan fingerprint density at radius 2 is 2.04 bits per heavy atom. The maximum atomic E-state index is 9.10. The number of thiazole rings is 1. The molecule has 2 aromatic heterocycles. The van der Waals surface area contributed by atoms with E-state index in [1.807, 2.05) is 29.1 Å². The van der Waals surface area contributed by atoms with Crippen LogP contribution < -0.4 is 0 Å². The second-order valence-electron chi connectivity index (χ2n) is 5.70. The second kappa shape index (κ2) is 6.23. The Kier molecular flexibility index (Phi) is 3.95. The van der Waals surface area contributed by atoms with Gasteiger partial charge in [0.25, 0.3) is 0 Å². The van der Waals surface area contributed by atoms with Crippen LogP contribution in [-0.2, 0) is 26.2 Å². The number of hydrogen-bond donors (Lipinski definition) is 1. The van der Waals surface area contributed by atoms with Crippen LogP contribution in [0.5, 0.6) is 0 Å². The molecule has 0 unspecified atom stereocenters. The lowest BCUT2D eigenvalue weighted by atomic mass is 10.2. The lowest BCUT2D eigenvalue weighted by Crippen LogP contribution is -2.18. The molecule has 0 bridgehead atoms. The Balaban J connectivity index is 1.45. The number of nitrogens with zero attached hydrogens (tertiary/aromatic N) is 4. The van der Waals surface area contributed by atoms with E-state index in [4.69, 9.17) is 10.1 Å². The molecule has 3 aromatic rings. The number of aliphatic hydroxyl groups is 1. The summed E-state index contributed by atoms with van der Waals surface area (Å²) in [6.45, 7) is 3.32. The highest BCUT2D eigenvalue weighted by Gasteiger charge is 2.24. The standard InChI is InChI=1S/C17H18N4OS/c22-7-6-21-16-10-20(9-14(16)8-18-21)11-17-19-15(12-23-17)13-4-2-1-3-5-13/h1-5,8,12,22H,6-7,9-11H2.